The van der Waals surface area contributed by atoms with Crippen LogP contribution >= 0.6 is 11.6 Å². The number of aromatic nitrogens is 2. The number of rotatable bonds is 8. The van der Waals surface area contributed by atoms with Crippen LogP contribution in [0, 0.1) is 5.92 Å². The highest BCUT2D eigenvalue weighted by Crippen LogP contribution is 2.36. The van der Waals surface area contributed by atoms with E-state index < -0.39 is 0 Å². The molecule has 1 heterocycles. The lowest BCUT2D eigenvalue weighted by Gasteiger charge is -2.39. The average molecular weight is 378 g/mol. The largest absolute Gasteiger partial charge is 0.497 e. The number of hydrogen-bond donors (Lipinski definition) is 1. The Kier molecular flexibility index (Phi) is 6.16. The van der Waals surface area contributed by atoms with E-state index in [0.717, 1.165) is 24.2 Å². The fourth-order valence-corrected chi connectivity index (χ4v) is 3.28. The lowest BCUT2D eigenvalue weighted by molar-refractivity contribution is 0.170. The van der Waals surface area contributed by atoms with Gasteiger partial charge in [-0.3, -0.25) is 0 Å². The molecule has 140 valence electrons. The Morgan fingerprint density at radius 1 is 1.31 bits per heavy atom. The summed E-state index contributed by atoms with van der Waals surface area (Å²) in [5, 5.41) is 10.0. The van der Waals surface area contributed by atoms with Crippen molar-refractivity contribution >= 4 is 17.4 Å². The summed E-state index contributed by atoms with van der Waals surface area (Å²) in [4.78, 5) is 10.4. The first-order valence-electron chi connectivity index (χ1n) is 8.74. The van der Waals surface area contributed by atoms with Crippen LogP contribution < -0.4 is 14.4 Å². The highest BCUT2D eigenvalue weighted by Gasteiger charge is 2.31. The Labute approximate surface area is 158 Å². The molecule has 7 heteroatoms. The molecule has 0 saturated heterocycles. The second kappa shape index (κ2) is 8.56. The quantitative estimate of drug-likeness (QED) is 0.712. The first-order chi connectivity index (χ1) is 12.6. The van der Waals surface area contributed by atoms with Gasteiger partial charge in [0, 0.05) is 7.05 Å². The number of aliphatic hydroxyl groups is 1. The maximum absolute atomic E-state index is 9.84. The minimum atomic E-state index is -0.00180. The number of halogens is 1. The van der Waals surface area contributed by atoms with Crippen molar-refractivity contribution < 1.29 is 14.6 Å². The van der Waals surface area contributed by atoms with E-state index in [1.54, 1.807) is 13.3 Å². The molecule has 1 N–H and O–H groups in total. The fraction of sp³-hybridized carbons (Fsp3) is 0.474. The van der Waals surface area contributed by atoms with E-state index in [4.69, 9.17) is 21.1 Å². The van der Waals surface area contributed by atoms with Crippen LogP contribution in [0.2, 0.25) is 5.28 Å². The van der Waals surface area contributed by atoms with Gasteiger partial charge in [-0.05, 0) is 48.1 Å². The Morgan fingerprint density at radius 3 is 2.62 bits per heavy atom. The second-order valence-electron chi connectivity index (χ2n) is 6.52. The molecule has 0 spiro atoms. The molecule has 1 atom stereocenters. The number of hydrogen-bond acceptors (Lipinski definition) is 6. The molecule has 26 heavy (non-hydrogen) atoms. The van der Waals surface area contributed by atoms with E-state index in [2.05, 4.69) is 9.97 Å². The van der Waals surface area contributed by atoms with Crippen molar-refractivity contribution in [3.63, 3.8) is 0 Å². The number of aliphatic hydroxyl groups excluding tert-OH is 1. The minimum Gasteiger partial charge on any atom is -0.497 e. The number of likely N-dealkylation sites (N-methyl/N-ethyl adjacent to an activating group) is 1. The van der Waals surface area contributed by atoms with Gasteiger partial charge < -0.3 is 19.5 Å². The Morgan fingerprint density at radius 2 is 2.04 bits per heavy atom. The maximum Gasteiger partial charge on any atom is 0.224 e. The predicted octanol–water partition coefficient (Wildman–Crippen LogP) is 3.31. The molecular formula is C19H24ClN3O3. The topological polar surface area (TPSA) is 67.7 Å². The van der Waals surface area contributed by atoms with E-state index in [-0.39, 0.29) is 17.9 Å². The van der Waals surface area contributed by atoms with Crippen molar-refractivity contribution in [3.05, 3.63) is 41.3 Å². The first kappa shape index (κ1) is 18.7. The van der Waals surface area contributed by atoms with E-state index >= 15 is 0 Å². The molecule has 6 nitrogen and oxygen atoms in total. The van der Waals surface area contributed by atoms with Crippen LogP contribution in [0.25, 0.3) is 0 Å². The average Bonchev–Trinajstić information content (AvgIpc) is 2.63. The van der Waals surface area contributed by atoms with Gasteiger partial charge in [-0.2, -0.15) is 4.98 Å². The molecule has 1 aliphatic carbocycles. The zero-order valence-electron chi connectivity index (χ0n) is 15.1. The molecule has 1 aromatic carbocycles. The molecule has 0 radical (unpaired) electrons. The van der Waals surface area contributed by atoms with Crippen LogP contribution in [0.1, 0.15) is 24.8 Å². The summed E-state index contributed by atoms with van der Waals surface area (Å²) in [6, 6.07) is 7.68. The zero-order valence-corrected chi connectivity index (χ0v) is 15.8. The third kappa shape index (κ3) is 4.19. The smallest absolute Gasteiger partial charge is 0.224 e. The highest BCUT2D eigenvalue weighted by atomic mass is 35.5. The van der Waals surface area contributed by atoms with E-state index in [9.17, 15) is 5.11 Å². The summed E-state index contributed by atoms with van der Waals surface area (Å²) < 4.78 is 11.1. The molecule has 1 unspecified atom stereocenters. The summed E-state index contributed by atoms with van der Waals surface area (Å²) in [5.74, 6) is 2.42. The third-order valence-electron chi connectivity index (χ3n) is 4.97. The Hall–Kier alpha value is -2.05. The van der Waals surface area contributed by atoms with Crippen LogP contribution in [0.15, 0.2) is 30.5 Å². The molecule has 0 amide bonds. The van der Waals surface area contributed by atoms with E-state index in [1.807, 2.05) is 36.2 Å². The molecule has 1 aromatic heterocycles. The highest BCUT2D eigenvalue weighted by molar-refractivity contribution is 6.28. The van der Waals surface area contributed by atoms with Gasteiger partial charge in [-0.15, -0.1) is 0 Å². The summed E-state index contributed by atoms with van der Waals surface area (Å²) >= 11 is 6.01. The number of anilines is 1. The molecule has 3 rings (SSSR count). The predicted molar refractivity (Wildman–Crippen MR) is 101 cm³/mol. The summed E-state index contributed by atoms with van der Waals surface area (Å²) in [6.45, 7) is 0.448. The summed E-state index contributed by atoms with van der Waals surface area (Å²) in [5.41, 5.74) is 1.01. The molecule has 1 saturated carbocycles. The summed E-state index contributed by atoms with van der Waals surface area (Å²) in [6.07, 6.45) is 5.03. The van der Waals surface area contributed by atoms with Crippen molar-refractivity contribution in [1.29, 1.82) is 0 Å². The van der Waals surface area contributed by atoms with Gasteiger partial charge >= 0.3 is 0 Å². The van der Waals surface area contributed by atoms with Crippen molar-refractivity contribution in [3.8, 4) is 11.5 Å². The number of benzene rings is 1. The van der Waals surface area contributed by atoms with Crippen molar-refractivity contribution in [2.45, 2.75) is 31.9 Å². The van der Waals surface area contributed by atoms with Crippen LogP contribution in [0.4, 0.5) is 5.82 Å². The van der Waals surface area contributed by atoms with E-state index in [0.29, 0.717) is 24.1 Å². The van der Waals surface area contributed by atoms with Gasteiger partial charge in [0.15, 0.2) is 11.6 Å². The van der Waals surface area contributed by atoms with E-state index in [1.165, 1.54) is 6.42 Å². The van der Waals surface area contributed by atoms with Gasteiger partial charge in [0.2, 0.25) is 5.28 Å². The zero-order chi connectivity index (χ0) is 18.5. The molecule has 1 aliphatic rings. The van der Waals surface area contributed by atoms with Crippen molar-refractivity contribution in [1.82, 2.24) is 9.97 Å². The lowest BCUT2D eigenvalue weighted by Crippen LogP contribution is -2.44. The second-order valence-corrected chi connectivity index (χ2v) is 6.85. The van der Waals surface area contributed by atoms with Gasteiger partial charge in [0.25, 0.3) is 0 Å². The van der Waals surface area contributed by atoms with Gasteiger partial charge in [0.1, 0.15) is 12.4 Å². The van der Waals surface area contributed by atoms with Gasteiger partial charge in [0.05, 0.1) is 26.0 Å². The maximum atomic E-state index is 9.84. The Bertz CT molecular complexity index is 722. The van der Waals surface area contributed by atoms with Crippen LogP contribution in [-0.4, -0.2) is 41.9 Å². The standard InChI is InChI=1S/C19H24ClN3O3/c1-23(16(11-24)14-4-3-5-14)18-17(10-21-19(20)22-18)26-12-13-6-8-15(25-2)9-7-13/h6-10,14,16,24H,3-5,11-12H2,1-2H3. The van der Waals surface area contributed by atoms with Gasteiger partial charge in [-0.1, -0.05) is 18.6 Å². The minimum absolute atomic E-state index is 0.00180. The third-order valence-corrected chi connectivity index (χ3v) is 5.15. The number of nitrogens with zero attached hydrogens (tertiary/aromatic N) is 3. The van der Waals surface area contributed by atoms with Crippen LogP contribution in [-0.2, 0) is 6.61 Å². The molecule has 0 bridgehead atoms. The van der Waals surface area contributed by atoms with Gasteiger partial charge in [-0.25, -0.2) is 4.98 Å². The summed E-state index contributed by atoms with van der Waals surface area (Å²) in [7, 11) is 3.55. The molecule has 1 fully saturated rings. The SMILES string of the molecule is COc1ccc(COc2cnc(Cl)nc2N(C)C(CO)C2CCC2)cc1. The Balaban J connectivity index is 1.76. The van der Waals surface area contributed by atoms with Crippen molar-refractivity contribution in [2.75, 3.05) is 25.7 Å². The fourth-order valence-electron chi connectivity index (χ4n) is 3.15. The molecule has 2 aromatic rings. The lowest BCUT2D eigenvalue weighted by atomic mass is 9.79. The molecular weight excluding hydrogens is 354 g/mol. The monoisotopic (exact) mass is 377 g/mol. The van der Waals surface area contributed by atoms with Crippen LogP contribution in [0.3, 0.4) is 0 Å². The molecule has 0 aliphatic heterocycles. The van der Waals surface area contributed by atoms with Crippen LogP contribution in [0.5, 0.6) is 11.5 Å². The van der Waals surface area contributed by atoms with Crippen molar-refractivity contribution in [2.24, 2.45) is 5.92 Å². The normalized spacial score (nSPS) is 15.2. The number of ether oxygens (including phenoxy) is 2. The first-order valence-corrected chi connectivity index (χ1v) is 9.12. The number of methoxy groups -OCH3 is 1.